The predicted molar refractivity (Wildman–Crippen MR) is 130 cm³/mol. The Balaban J connectivity index is 3.04. The van der Waals surface area contributed by atoms with Crippen molar-refractivity contribution in [3.8, 4) is 0 Å². The second-order valence-electron chi connectivity index (χ2n) is 9.27. The van der Waals surface area contributed by atoms with Gasteiger partial charge in [-0.1, -0.05) is 142 Å². The highest BCUT2D eigenvalue weighted by molar-refractivity contribution is 5.73. The van der Waals surface area contributed by atoms with E-state index in [0.717, 1.165) is 12.8 Å². The molecule has 0 saturated carbocycles. The van der Waals surface area contributed by atoms with E-state index < -0.39 is 12.1 Å². The zero-order valence-corrected chi connectivity index (χ0v) is 20.6. The quantitative estimate of drug-likeness (QED) is 0.124. The summed E-state index contributed by atoms with van der Waals surface area (Å²) in [7, 11) is 0. The number of aliphatic hydroxyl groups excluding tert-OH is 1. The van der Waals surface area contributed by atoms with Crippen molar-refractivity contribution in [3.63, 3.8) is 0 Å². The van der Waals surface area contributed by atoms with Gasteiger partial charge < -0.3 is 9.84 Å². The van der Waals surface area contributed by atoms with Crippen molar-refractivity contribution in [1.29, 1.82) is 0 Å². The maximum absolute atomic E-state index is 11.1. The number of rotatable bonds is 24. The Hall–Kier alpha value is -0.570. The Morgan fingerprint density at radius 1 is 0.567 bits per heavy atom. The Labute approximate surface area is 188 Å². The third-order valence-electron chi connectivity index (χ3n) is 6.08. The summed E-state index contributed by atoms with van der Waals surface area (Å²) in [6.45, 7) is 4.18. The van der Waals surface area contributed by atoms with Crippen molar-refractivity contribution in [3.05, 3.63) is 0 Å². The molecule has 0 bridgehead atoms. The second-order valence-corrected chi connectivity index (χ2v) is 9.27. The number of hydrogen-bond acceptors (Lipinski definition) is 3. The molecule has 0 aliphatic carbocycles. The molecule has 0 radical (unpaired) electrons. The molecule has 0 amide bonds. The van der Waals surface area contributed by atoms with E-state index >= 15 is 0 Å². The van der Waals surface area contributed by atoms with E-state index in [2.05, 4.69) is 6.92 Å². The summed E-state index contributed by atoms with van der Waals surface area (Å²) in [5.74, 6) is -0.501. The molecular weight excluding hydrogens is 372 g/mol. The van der Waals surface area contributed by atoms with Gasteiger partial charge in [0.1, 0.15) is 6.10 Å². The molecule has 0 aliphatic heterocycles. The second kappa shape index (κ2) is 24.7. The van der Waals surface area contributed by atoms with Crippen LogP contribution in [0.1, 0.15) is 155 Å². The molecule has 0 aromatic carbocycles. The molecule has 1 N–H and O–H groups in total. The molecule has 0 saturated heterocycles. The van der Waals surface area contributed by atoms with Gasteiger partial charge in [-0.25, -0.2) is 4.79 Å². The predicted octanol–water partition coefficient (Wildman–Crippen LogP) is 8.51. The Bertz CT molecular complexity index is 341. The standard InChI is InChI=1S/C27H54O3/c1-3-4-5-6-7-8-9-10-11-12-13-14-15-16-17-18-19-20-21-22-23-24-25-30-27(29)26(2)28/h26,28H,3-25H2,1-2H3. The normalized spacial score (nSPS) is 12.2. The van der Waals surface area contributed by atoms with E-state index in [1.54, 1.807) is 0 Å². The van der Waals surface area contributed by atoms with Gasteiger partial charge in [-0.3, -0.25) is 0 Å². The lowest BCUT2D eigenvalue weighted by molar-refractivity contribution is -0.152. The van der Waals surface area contributed by atoms with Crippen LogP contribution in [0.4, 0.5) is 0 Å². The summed E-state index contributed by atoms with van der Waals surface area (Å²) in [6.07, 6.45) is 29.3. The zero-order valence-electron chi connectivity index (χ0n) is 20.6. The maximum atomic E-state index is 11.1. The number of carbonyl (C=O) groups excluding carboxylic acids is 1. The van der Waals surface area contributed by atoms with Crippen molar-refractivity contribution in [2.24, 2.45) is 0 Å². The largest absolute Gasteiger partial charge is 0.464 e. The van der Waals surface area contributed by atoms with E-state index in [0.29, 0.717) is 6.61 Å². The molecule has 3 heteroatoms. The molecule has 0 fully saturated rings. The first-order valence-electron chi connectivity index (χ1n) is 13.5. The first-order valence-corrected chi connectivity index (χ1v) is 13.5. The fourth-order valence-corrected chi connectivity index (χ4v) is 4.00. The number of unbranched alkanes of at least 4 members (excludes halogenated alkanes) is 21. The topological polar surface area (TPSA) is 46.5 Å². The summed E-state index contributed by atoms with van der Waals surface area (Å²) in [6, 6.07) is 0. The van der Waals surface area contributed by atoms with E-state index in [4.69, 9.17) is 9.84 Å². The minimum absolute atomic E-state index is 0.447. The van der Waals surface area contributed by atoms with Gasteiger partial charge in [0.15, 0.2) is 0 Å². The van der Waals surface area contributed by atoms with E-state index in [1.165, 1.54) is 135 Å². The van der Waals surface area contributed by atoms with Gasteiger partial charge in [0.2, 0.25) is 0 Å². The number of ether oxygens (including phenoxy) is 1. The summed E-state index contributed by atoms with van der Waals surface area (Å²) < 4.78 is 4.96. The fourth-order valence-electron chi connectivity index (χ4n) is 4.00. The highest BCUT2D eigenvalue weighted by Gasteiger charge is 2.08. The number of carbonyl (C=O) groups is 1. The van der Waals surface area contributed by atoms with Gasteiger partial charge >= 0.3 is 5.97 Å². The van der Waals surface area contributed by atoms with Gasteiger partial charge in [0.05, 0.1) is 6.61 Å². The van der Waals surface area contributed by atoms with Gasteiger partial charge in [-0.05, 0) is 13.3 Å². The summed E-state index contributed by atoms with van der Waals surface area (Å²) in [4.78, 5) is 11.1. The van der Waals surface area contributed by atoms with Crippen LogP contribution in [-0.2, 0) is 9.53 Å². The van der Waals surface area contributed by atoms with Gasteiger partial charge in [0, 0.05) is 0 Å². The average Bonchev–Trinajstić information content (AvgIpc) is 2.74. The summed E-state index contributed by atoms with van der Waals surface area (Å²) in [5, 5.41) is 9.02. The molecule has 3 nitrogen and oxygen atoms in total. The number of aliphatic hydroxyl groups is 1. The Morgan fingerprint density at radius 2 is 0.833 bits per heavy atom. The minimum Gasteiger partial charge on any atom is -0.464 e. The lowest BCUT2D eigenvalue weighted by Gasteiger charge is -2.06. The zero-order chi connectivity index (χ0) is 22.1. The van der Waals surface area contributed by atoms with Crippen LogP contribution in [0.5, 0.6) is 0 Å². The van der Waals surface area contributed by atoms with Gasteiger partial charge in [0.25, 0.3) is 0 Å². The fraction of sp³-hybridized carbons (Fsp3) is 0.963. The third kappa shape index (κ3) is 23.7. The monoisotopic (exact) mass is 426 g/mol. The summed E-state index contributed by atoms with van der Waals surface area (Å²) >= 11 is 0. The van der Waals surface area contributed by atoms with Crippen LogP contribution in [-0.4, -0.2) is 23.8 Å². The molecular formula is C27H54O3. The number of hydrogen-bond donors (Lipinski definition) is 1. The van der Waals surface area contributed by atoms with Crippen molar-refractivity contribution < 1.29 is 14.6 Å². The van der Waals surface area contributed by atoms with Crippen molar-refractivity contribution in [2.75, 3.05) is 6.61 Å². The number of esters is 1. The molecule has 0 rings (SSSR count). The van der Waals surface area contributed by atoms with Crippen LogP contribution in [0.25, 0.3) is 0 Å². The van der Waals surface area contributed by atoms with E-state index in [1.807, 2.05) is 0 Å². The highest BCUT2D eigenvalue weighted by atomic mass is 16.5. The molecule has 0 aliphatic rings. The maximum Gasteiger partial charge on any atom is 0.334 e. The summed E-state index contributed by atoms with van der Waals surface area (Å²) in [5.41, 5.74) is 0. The third-order valence-corrected chi connectivity index (χ3v) is 6.08. The van der Waals surface area contributed by atoms with Crippen LogP contribution in [0.3, 0.4) is 0 Å². The lowest BCUT2D eigenvalue weighted by atomic mass is 10.0. The van der Waals surface area contributed by atoms with E-state index in [-0.39, 0.29) is 0 Å². The van der Waals surface area contributed by atoms with Crippen LogP contribution in [0.15, 0.2) is 0 Å². The average molecular weight is 427 g/mol. The Kier molecular flexibility index (Phi) is 24.2. The molecule has 30 heavy (non-hydrogen) atoms. The highest BCUT2D eigenvalue weighted by Crippen LogP contribution is 2.15. The first kappa shape index (κ1) is 29.4. The smallest absolute Gasteiger partial charge is 0.334 e. The van der Waals surface area contributed by atoms with Crippen molar-refractivity contribution >= 4 is 5.97 Å². The molecule has 0 heterocycles. The Morgan fingerprint density at radius 3 is 1.10 bits per heavy atom. The van der Waals surface area contributed by atoms with Crippen LogP contribution >= 0.6 is 0 Å². The van der Waals surface area contributed by atoms with Crippen LogP contribution in [0, 0.1) is 0 Å². The SMILES string of the molecule is CCCCCCCCCCCCCCCCCCCCCCCCOC(=O)C(C)O. The van der Waals surface area contributed by atoms with Crippen LogP contribution < -0.4 is 0 Å². The molecule has 1 unspecified atom stereocenters. The first-order chi connectivity index (χ1) is 14.7. The van der Waals surface area contributed by atoms with Crippen molar-refractivity contribution in [1.82, 2.24) is 0 Å². The molecule has 0 aromatic rings. The van der Waals surface area contributed by atoms with Gasteiger partial charge in [-0.2, -0.15) is 0 Å². The van der Waals surface area contributed by atoms with Crippen molar-refractivity contribution in [2.45, 2.75) is 161 Å². The minimum atomic E-state index is -0.996. The molecule has 1 atom stereocenters. The van der Waals surface area contributed by atoms with Crippen LogP contribution in [0.2, 0.25) is 0 Å². The lowest BCUT2D eigenvalue weighted by Crippen LogP contribution is -2.19. The van der Waals surface area contributed by atoms with Gasteiger partial charge in [-0.15, -0.1) is 0 Å². The molecule has 0 aromatic heterocycles. The van der Waals surface area contributed by atoms with E-state index in [9.17, 15) is 4.79 Å². The molecule has 180 valence electrons. The molecule has 0 spiro atoms.